The molecule has 148 valence electrons. The van der Waals surface area contributed by atoms with Gasteiger partial charge in [0.25, 0.3) is 5.91 Å². The van der Waals surface area contributed by atoms with Crippen LogP contribution in [0.4, 0.5) is 10.7 Å². The third-order valence-corrected chi connectivity index (χ3v) is 6.41. The number of hydrogen-bond acceptors (Lipinski definition) is 6. The van der Waals surface area contributed by atoms with E-state index in [0.717, 1.165) is 28.2 Å². The maximum Gasteiger partial charge on any atom is 0.341 e. The molecule has 0 atom stereocenters. The van der Waals surface area contributed by atoms with Crippen LogP contribution in [0.2, 0.25) is 0 Å². The number of esters is 1. The van der Waals surface area contributed by atoms with Crippen molar-refractivity contribution in [2.24, 2.45) is 5.92 Å². The summed E-state index contributed by atoms with van der Waals surface area (Å²) < 4.78 is 5.23. The number of carbonyl (C=O) groups is 3. The highest BCUT2D eigenvalue weighted by atomic mass is 32.2. The molecule has 0 spiro atoms. The summed E-state index contributed by atoms with van der Waals surface area (Å²) in [6, 6.07) is 7.41. The van der Waals surface area contributed by atoms with Crippen LogP contribution in [0, 0.1) is 19.8 Å². The zero-order valence-electron chi connectivity index (χ0n) is 16.0. The van der Waals surface area contributed by atoms with Crippen molar-refractivity contribution in [1.82, 2.24) is 0 Å². The number of carbonyl (C=O) groups excluding carboxylic acids is 3. The molecule has 1 aromatic heterocycles. The molecule has 0 aliphatic heterocycles. The number of thioether (sulfide) groups is 1. The van der Waals surface area contributed by atoms with Crippen molar-refractivity contribution >= 4 is 51.6 Å². The molecule has 28 heavy (non-hydrogen) atoms. The van der Waals surface area contributed by atoms with Crippen LogP contribution in [0.15, 0.2) is 29.2 Å². The summed E-state index contributed by atoms with van der Waals surface area (Å²) in [5, 5.41) is 6.08. The molecule has 1 fully saturated rings. The highest BCUT2D eigenvalue weighted by Gasteiger charge is 2.31. The molecule has 0 saturated heterocycles. The number of hydrogen-bond donors (Lipinski definition) is 2. The van der Waals surface area contributed by atoms with Gasteiger partial charge in [0.15, 0.2) is 6.61 Å². The summed E-state index contributed by atoms with van der Waals surface area (Å²) in [6.45, 7) is 3.30. The Labute approximate surface area is 172 Å². The molecule has 1 aromatic carbocycles. The lowest BCUT2D eigenvalue weighted by atomic mass is 10.1. The van der Waals surface area contributed by atoms with Gasteiger partial charge in [-0.2, -0.15) is 0 Å². The van der Waals surface area contributed by atoms with Gasteiger partial charge in [0.2, 0.25) is 5.91 Å². The number of anilines is 2. The number of ether oxygens (including phenoxy) is 1. The van der Waals surface area contributed by atoms with Gasteiger partial charge in [-0.05, 0) is 50.6 Å². The second-order valence-corrected chi connectivity index (χ2v) is 8.65. The van der Waals surface area contributed by atoms with E-state index >= 15 is 0 Å². The number of thiophene rings is 1. The second kappa shape index (κ2) is 8.79. The van der Waals surface area contributed by atoms with Crippen LogP contribution in [0.25, 0.3) is 0 Å². The van der Waals surface area contributed by atoms with Crippen LogP contribution in [0.1, 0.15) is 33.6 Å². The maximum absolute atomic E-state index is 12.6. The van der Waals surface area contributed by atoms with E-state index in [1.807, 2.05) is 38.3 Å². The van der Waals surface area contributed by atoms with E-state index in [2.05, 4.69) is 10.6 Å². The largest absolute Gasteiger partial charge is 0.452 e. The van der Waals surface area contributed by atoms with E-state index in [4.69, 9.17) is 4.74 Å². The predicted molar refractivity (Wildman–Crippen MR) is 112 cm³/mol. The fourth-order valence-corrected chi connectivity index (χ4v) is 4.26. The first-order valence-electron chi connectivity index (χ1n) is 8.91. The molecule has 2 aromatic rings. The number of aryl methyl sites for hydroxylation is 1. The number of nitrogens with one attached hydrogen (secondary N) is 2. The first kappa shape index (κ1) is 20.4. The zero-order valence-corrected chi connectivity index (χ0v) is 17.6. The van der Waals surface area contributed by atoms with Gasteiger partial charge in [0, 0.05) is 15.7 Å². The average molecular weight is 419 g/mol. The summed E-state index contributed by atoms with van der Waals surface area (Å²) in [5.41, 5.74) is 1.76. The van der Waals surface area contributed by atoms with E-state index in [0.29, 0.717) is 16.3 Å². The minimum Gasteiger partial charge on any atom is -0.452 e. The van der Waals surface area contributed by atoms with Crippen LogP contribution in [0.3, 0.4) is 0 Å². The Hall–Kier alpha value is -2.32. The van der Waals surface area contributed by atoms with Gasteiger partial charge in [-0.15, -0.1) is 23.1 Å². The Kier molecular flexibility index (Phi) is 6.41. The van der Waals surface area contributed by atoms with Gasteiger partial charge in [-0.25, -0.2) is 4.79 Å². The molecule has 3 rings (SSSR count). The third kappa shape index (κ3) is 4.74. The normalized spacial score (nSPS) is 13.1. The molecular weight excluding hydrogens is 396 g/mol. The molecule has 1 aliphatic carbocycles. The quantitative estimate of drug-likeness (QED) is 0.519. The second-order valence-electron chi connectivity index (χ2n) is 6.58. The highest BCUT2D eigenvalue weighted by molar-refractivity contribution is 7.98. The summed E-state index contributed by atoms with van der Waals surface area (Å²) in [5.74, 6) is -1.06. The smallest absolute Gasteiger partial charge is 0.341 e. The van der Waals surface area contributed by atoms with Crippen LogP contribution in [0.5, 0.6) is 0 Å². The van der Waals surface area contributed by atoms with Crippen molar-refractivity contribution in [3.63, 3.8) is 0 Å². The van der Waals surface area contributed by atoms with Crippen LogP contribution >= 0.6 is 23.1 Å². The van der Waals surface area contributed by atoms with Crippen molar-refractivity contribution in [2.75, 3.05) is 23.5 Å². The van der Waals surface area contributed by atoms with Crippen LogP contribution in [-0.2, 0) is 14.3 Å². The van der Waals surface area contributed by atoms with Gasteiger partial charge in [-0.3, -0.25) is 9.59 Å². The monoisotopic (exact) mass is 418 g/mol. The zero-order chi connectivity index (χ0) is 20.3. The standard InChI is InChI=1S/C20H22N2O4S2/c1-11-12(2)28-19(22-18(24)13-8-9-13)17(11)20(25)26-10-16(23)21-14-6-4-5-7-15(14)27-3/h4-7,13H,8-10H2,1-3H3,(H,21,23)(H,22,24). The van der Waals surface area contributed by atoms with Gasteiger partial charge in [-0.1, -0.05) is 12.1 Å². The van der Waals surface area contributed by atoms with Gasteiger partial charge < -0.3 is 15.4 Å². The Morgan fingerprint density at radius 1 is 1.18 bits per heavy atom. The number of para-hydroxylation sites is 1. The average Bonchev–Trinajstić information content (AvgIpc) is 3.48. The summed E-state index contributed by atoms with van der Waals surface area (Å²) in [4.78, 5) is 38.7. The fourth-order valence-electron chi connectivity index (χ4n) is 2.66. The fraction of sp³-hybridized carbons (Fsp3) is 0.350. The van der Waals surface area contributed by atoms with E-state index in [1.54, 1.807) is 6.07 Å². The van der Waals surface area contributed by atoms with Gasteiger partial charge in [0.05, 0.1) is 11.3 Å². The van der Waals surface area contributed by atoms with Gasteiger partial charge >= 0.3 is 5.97 Å². The Balaban J connectivity index is 1.64. The number of amides is 2. The predicted octanol–water partition coefficient (Wildman–Crippen LogP) is 4.23. The minimum atomic E-state index is -0.610. The molecule has 0 radical (unpaired) electrons. The molecular formula is C20H22N2O4S2. The number of rotatable bonds is 7. The Morgan fingerprint density at radius 3 is 2.57 bits per heavy atom. The topological polar surface area (TPSA) is 84.5 Å². The Morgan fingerprint density at radius 2 is 1.89 bits per heavy atom. The van der Waals surface area contributed by atoms with Crippen molar-refractivity contribution < 1.29 is 19.1 Å². The molecule has 2 amide bonds. The lowest BCUT2D eigenvalue weighted by Gasteiger charge is -2.10. The molecule has 0 unspecified atom stereocenters. The molecule has 0 bridgehead atoms. The Bertz CT molecular complexity index is 919. The lowest BCUT2D eigenvalue weighted by molar-refractivity contribution is -0.119. The van der Waals surface area contributed by atoms with Crippen molar-refractivity contribution in [3.05, 3.63) is 40.3 Å². The molecule has 6 nitrogen and oxygen atoms in total. The summed E-state index contributed by atoms with van der Waals surface area (Å²) >= 11 is 2.87. The first-order chi connectivity index (χ1) is 13.4. The van der Waals surface area contributed by atoms with Crippen molar-refractivity contribution in [1.29, 1.82) is 0 Å². The third-order valence-electron chi connectivity index (χ3n) is 4.49. The minimum absolute atomic E-state index is 0.0360. The summed E-state index contributed by atoms with van der Waals surface area (Å²) in [7, 11) is 0. The molecule has 1 saturated carbocycles. The highest BCUT2D eigenvalue weighted by Crippen LogP contribution is 2.36. The molecule has 8 heteroatoms. The number of benzene rings is 1. The molecule has 1 aliphatic rings. The summed E-state index contributed by atoms with van der Waals surface area (Å²) in [6.07, 6.45) is 3.68. The van der Waals surface area contributed by atoms with Crippen LogP contribution in [-0.4, -0.2) is 30.6 Å². The van der Waals surface area contributed by atoms with E-state index in [1.165, 1.54) is 23.1 Å². The SMILES string of the molecule is CSc1ccccc1NC(=O)COC(=O)c1c(NC(=O)C2CC2)sc(C)c1C. The first-order valence-corrected chi connectivity index (χ1v) is 11.0. The van der Waals surface area contributed by atoms with E-state index < -0.39 is 18.5 Å². The van der Waals surface area contributed by atoms with Crippen LogP contribution < -0.4 is 10.6 Å². The van der Waals surface area contributed by atoms with Crippen molar-refractivity contribution in [2.45, 2.75) is 31.6 Å². The van der Waals surface area contributed by atoms with E-state index in [-0.39, 0.29) is 11.8 Å². The lowest BCUT2D eigenvalue weighted by Crippen LogP contribution is -2.22. The van der Waals surface area contributed by atoms with Crippen molar-refractivity contribution in [3.8, 4) is 0 Å². The maximum atomic E-state index is 12.6. The molecule has 2 N–H and O–H groups in total. The van der Waals surface area contributed by atoms with E-state index in [9.17, 15) is 14.4 Å². The molecule has 1 heterocycles. The van der Waals surface area contributed by atoms with Gasteiger partial charge in [0.1, 0.15) is 5.00 Å².